The molecule has 8 heteroatoms. The van der Waals surface area contributed by atoms with E-state index in [1.807, 2.05) is 6.07 Å². The monoisotopic (exact) mass is 497 g/mol. The van der Waals surface area contributed by atoms with E-state index >= 15 is 0 Å². The molecule has 2 saturated heterocycles. The fourth-order valence-corrected chi connectivity index (χ4v) is 5.71. The lowest BCUT2D eigenvalue weighted by Crippen LogP contribution is -2.55. The normalized spacial score (nSPS) is 22.9. The van der Waals surface area contributed by atoms with E-state index < -0.39 is 11.4 Å². The van der Waals surface area contributed by atoms with Crippen LogP contribution < -0.4 is 5.32 Å². The fourth-order valence-electron chi connectivity index (χ4n) is 5.19. The first-order chi connectivity index (χ1) is 15.8. The average Bonchev–Trinajstić information content (AvgIpc) is 2.77. The van der Waals surface area contributed by atoms with Crippen molar-refractivity contribution in [3.8, 4) is 0 Å². The number of carboxylic acids is 1. The van der Waals surface area contributed by atoms with Gasteiger partial charge in [0.05, 0.1) is 11.8 Å². The summed E-state index contributed by atoms with van der Waals surface area (Å²) in [6.07, 6.45) is 6.70. The van der Waals surface area contributed by atoms with Gasteiger partial charge in [0.25, 0.3) is 0 Å². The molecule has 2 fully saturated rings. The Balaban J connectivity index is 1.63. The SMILES string of the molecule is CCCCCN1CCC(NC(=O)C2(CC(=O)O)CCCN(Cc3c(Cl)cccc3Cl)C2)CC1. The zero-order valence-electron chi connectivity index (χ0n) is 19.6. The third kappa shape index (κ3) is 7.32. The number of hydrogen-bond acceptors (Lipinski definition) is 4. The number of carbonyl (C=O) groups is 2. The zero-order valence-corrected chi connectivity index (χ0v) is 21.1. The van der Waals surface area contributed by atoms with Crippen molar-refractivity contribution in [1.29, 1.82) is 0 Å². The number of halogens is 2. The first kappa shape index (κ1) is 26.3. The van der Waals surface area contributed by atoms with E-state index in [2.05, 4.69) is 22.0 Å². The minimum absolute atomic E-state index is 0.110. The summed E-state index contributed by atoms with van der Waals surface area (Å²) in [5.74, 6) is -1.06. The molecule has 184 valence electrons. The second-order valence-electron chi connectivity index (χ2n) is 9.66. The van der Waals surface area contributed by atoms with E-state index in [4.69, 9.17) is 23.2 Å². The van der Waals surface area contributed by atoms with E-state index in [-0.39, 0.29) is 18.4 Å². The van der Waals surface area contributed by atoms with Gasteiger partial charge in [0, 0.05) is 47.8 Å². The zero-order chi connectivity index (χ0) is 23.8. The molecule has 0 spiro atoms. The second-order valence-corrected chi connectivity index (χ2v) is 10.5. The number of likely N-dealkylation sites (tertiary alicyclic amines) is 2. The lowest BCUT2D eigenvalue weighted by molar-refractivity contribution is -0.148. The summed E-state index contributed by atoms with van der Waals surface area (Å²) < 4.78 is 0. The number of piperidine rings is 2. The van der Waals surface area contributed by atoms with E-state index in [9.17, 15) is 14.7 Å². The Morgan fingerprint density at radius 1 is 1.12 bits per heavy atom. The maximum atomic E-state index is 13.5. The first-order valence-corrected chi connectivity index (χ1v) is 13.0. The lowest BCUT2D eigenvalue weighted by Gasteiger charge is -2.42. The molecule has 1 unspecified atom stereocenters. The van der Waals surface area contributed by atoms with Gasteiger partial charge in [0.15, 0.2) is 0 Å². The largest absolute Gasteiger partial charge is 0.481 e. The molecule has 6 nitrogen and oxygen atoms in total. The third-order valence-corrected chi connectivity index (χ3v) is 7.78. The topological polar surface area (TPSA) is 72.9 Å². The van der Waals surface area contributed by atoms with Crippen molar-refractivity contribution >= 4 is 35.1 Å². The summed E-state index contributed by atoms with van der Waals surface area (Å²) in [6, 6.07) is 5.53. The quantitative estimate of drug-likeness (QED) is 0.453. The van der Waals surface area contributed by atoms with Gasteiger partial charge in [-0.05, 0) is 57.3 Å². The Kier molecular flexibility index (Phi) is 9.86. The Labute approximate surface area is 207 Å². The summed E-state index contributed by atoms with van der Waals surface area (Å²) >= 11 is 12.7. The Morgan fingerprint density at radius 2 is 1.82 bits per heavy atom. The minimum atomic E-state index is -0.937. The van der Waals surface area contributed by atoms with Crippen LogP contribution in [0.2, 0.25) is 10.0 Å². The highest BCUT2D eigenvalue weighted by Crippen LogP contribution is 2.36. The van der Waals surface area contributed by atoms with Gasteiger partial charge in [-0.15, -0.1) is 0 Å². The van der Waals surface area contributed by atoms with E-state index in [0.717, 1.165) is 51.0 Å². The molecule has 0 radical (unpaired) electrons. The van der Waals surface area contributed by atoms with Crippen LogP contribution >= 0.6 is 23.2 Å². The molecule has 1 atom stereocenters. The number of carboxylic acid groups (broad SMARTS) is 1. The molecule has 1 aromatic rings. The predicted octanol–water partition coefficient (Wildman–Crippen LogP) is 4.82. The molecule has 0 aromatic heterocycles. The number of nitrogens with one attached hydrogen (secondary N) is 1. The molecule has 0 saturated carbocycles. The number of nitrogens with zero attached hydrogens (tertiary/aromatic N) is 2. The van der Waals surface area contributed by atoms with E-state index in [0.29, 0.717) is 29.6 Å². The molecule has 1 aromatic carbocycles. The summed E-state index contributed by atoms with van der Waals surface area (Å²) in [7, 11) is 0. The van der Waals surface area contributed by atoms with Gasteiger partial charge in [-0.3, -0.25) is 14.5 Å². The van der Waals surface area contributed by atoms with Gasteiger partial charge in [-0.25, -0.2) is 0 Å². The van der Waals surface area contributed by atoms with Crippen LogP contribution in [0.4, 0.5) is 0 Å². The van der Waals surface area contributed by atoms with Crippen molar-refractivity contribution in [2.45, 2.75) is 70.9 Å². The highest BCUT2D eigenvalue weighted by atomic mass is 35.5. The number of rotatable bonds is 10. The van der Waals surface area contributed by atoms with Gasteiger partial charge in [0.2, 0.25) is 5.91 Å². The maximum absolute atomic E-state index is 13.5. The molecule has 2 heterocycles. The summed E-state index contributed by atoms with van der Waals surface area (Å²) in [6.45, 7) is 6.98. The van der Waals surface area contributed by atoms with Crippen LogP contribution in [0.15, 0.2) is 18.2 Å². The standard InChI is InChI=1S/C25H37Cl2N3O3/c1-2-3-4-12-29-14-9-19(10-15-29)28-24(33)25(16-23(31)32)11-6-13-30(18-25)17-20-21(26)7-5-8-22(20)27/h5,7-8,19H,2-4,6,9-18H2,1H3,(H,28,33)(H,31,32). The van der Waals surface area contributed by atoms with Gasteiger partial charge < -0.3 is 15.3 Å². The molecule has 2 aliphatic rings. The van der Waals surface area contributed by atoms with E-state index in [1.165, 1.54) is 19.3 Å². The average molecular weight is 498 g/mol. The van der Waals surface area contributed by atoms with E-state index in [1.54, 1.807) is 12.1 Å². The van der Waals surface area contributed by atoms with Crippen LogP contribution in [0.1, 0.15) is 63.9 Å². The first-order valence-electron chi connectivity index (χ1n) is 12.2. The van der Waals surface area contributed by atoms with Gasteiger partial charge >= 0.3 is 5.97 Å². The van der Waals surface area contributed by atoms with Gasteiger partial charge in [-0.2, -0.15) is 0 Å². The van der Waals surface area contributed by atoms with Crippen molar-refractivity contribution in [3.05, 3.63) is 33.8 Å². The number of amides is 1. The molecule has 0 bridgehead atoms. The van der Waals surface area contributed by atoms with Crippen molar-refractivity contribution in [3.63, 3.8) is 0 Å². The van der Waals surface area contributed by atoms with Crippen molar-refractivity contribution in [2.75, 3.05) is 32.7 Å². The fraction of sp³-hybridized carbons (Fsp3) is 0.680. The highest BCUT2D eigenvalue weighted by Gasteiger charge is 2.44. The Hall–Kier alpha value is -1.34. The number of unbranched alkanes of at least 4 members (excludes halogenated alkanes) is 2. The molecule has 3 rings (SSSR count). The lowest BCUT2D eigenvalue weighted by atomic mass is 9.75. The summed E-state index contributed by atoms with van der Waals surface area (Å²) in [4.78, 5) is 29.8. The molecule has 2 aliphatic heterocycles. The molecule has 2 N–H and O–H groups in total. The highest BCUT2D eigenvalue weighted by molar-refractivity contribution is 6.35. The van der Waals surface area contributed by atoms with Gasteiger partial charge in [-0.1, -0.05) is 49.0 Å². The predicted molar refractivity (Wildman–Crippen MR) is 133 cm³/mol. The number of benzene rings is 1. The van der Waals surface area contributed by atoms with Crippen LogP contribution in [0, 0.1) is 5.41 Å². The number of carbonyl (C=O) groups excluding carboxylic acids is 1. The van der Waals surface area contributed by atoms with Crippen LogP contribution in [0.25, 0.3) is 0 Å². The molecular weight excluding hydrogens is 461 g/mol. The van der Waals surface area contributed by atoms with Crippen LogP contribution in [0.5, 0.6) is 0 Å². The van der Waals surface area contributed by atoms with Gasteiger partial charge in [0.1, 0.15) is 0 Å². The molecule has 33 heavy (non-hydrogen) atoms. The maximum Gasteiger partial charge on any atom is 0.304 e. The van der Waals surface area contributed by atoms with Crippen LogP contribution in [-0.4, -0.2) is 65.5 Å². The Morgan fingerprint density at radius 3 is 2.45 bits per heavy atom. The second kappa shape index (κ2) is 12.4. The third-order valence-electron chi connectivity index (χ3n) is 7.07. The van der Waals surface area contributed by atoms with Crippen molar-refractivity contribution in [2.24, 2.45) is 5.41 Å². The molecular formula is C25H37Cl2N3O3. The van der Waals surface area contributed by atoms with Crippen molar-refractivity contribution < 1.29 is 14.7 Å². The summed E-state index contributed by atoms with van der Waals surface area (Å²) in [5, 5.41) is 14.0. The number of hydrogen-bond donors (Lipinski definition) is 2. The smallest absolute Gasteiger partial charge is 0.304 e. The minimum Gasteiger partial charge on any atom is -0.481 e. The number of aliphatic carboxylic acids is 1. The van der Waals surface area contributed by atoms with Crippen LogP contribution in [0.3, 0.4) is 0 Å². The molecule has 1 amide bonds. The Bertz CT molecular complexity index is 794. The molecule has 0 aliphatic carbocycles. The summed E-state index contributed by atoms with van der Waals surface area (Å²) in [5.41, 5.74) is -0.112. The van der Waals surface area contributed by atoms with Crippen molar-refractivity contribution in [1.82, 2.24) is 15.1 Å². The van der Waals surface area contributed by atoms with Crippen LogP contribution in [-0.2, 0) is 16.1 Å².